The van der Waals surface area contributed by atoms with Crippen molar-refractivity contribution in [3.63, 3.8) is 0 Å². The van der Waals surface area contributed by atoms with Crippen LogP contribution in [-0.2, 0) is 6.18 Å². The summed E-state index contributed by atoms with van der Waals surface area (Å²) in [7, 11) is 0. The predicted octanol–water partition coefficient (Wildman–Crippen LogP) is 4.21. The highest BCUT2D eigenvalue weighted by Gasteiger charge is 2.36. The number of alkyl halides is 3. The molecule has 1 aliphatic heterocycles. The molecule has 1 aliphatic rings. The summed E-state index contributed by atoms with van der Waals surface area (Å²) in [6.07, 6.45) is 1.57. The van der Waals surface area contributed by atoms with E-state index in [1.54, 1.807) is 11.9 Å². The molecule has 0 aliphatic carbocycles. The third-order valence-corrected chi connectivity index (χ3v) is 6.05. The zero-order valence-corrected chi connectivity index (χ0v) is 16.6. The van der Waals surface area contributed by atoms with Gasteiger partial charge >= 0.3 is 6.18 Å². The predicted molar refractivity (Wildman–Crippen MR) is 104 cm³/mol. The van der Waals surface area contributed by atoms with Gasteiger partial charge in [0, 0.05) is 38.1 Å². The maximum Gasteiger partial charge on any atom is 0.420 e. The maximum atomic E-state index is 13.4. The van der Waals surface area contributed by atoms with Gasteiger partial charge in [0.2, 0.25) is 5.95 Å². The van der Waals surface area contributed by atoms with Crippen LogP contribution in [0.3, 0.4) is 0 Å². The lowest BCUT2D eigenvalue weighted by Gasteiger charge is -2.30. The summed E-state index contributed by atoms with van der Waals surface area (Å²) in [5.41, 5.74) is -0.986. The summed E-state index contributed by atoms with van der Waals surface area (Å²) >= 11 is 2.85. The Morgan fingerprint density at radius 3 is 2.63 bits per heavy atom. The standard InChI is InChI=1S/C16H21F3N6S2/c1-3-20-15-22-9-12(27-15)13-11(16(17,18)19)8-21-14(24-13)23-10-4-6-25(26-2)7-5-10/h8-10H,3-7H2,1-2H3,(H,20,22)(H,21,23,24). The van der Waals surface area contributed by atoms with Gasteiger partial charge in [-0.2, -0.15) is 13.2 Å². The largest absolute Gasteiger partial charge is 0.420 e. The fourth-order valence-corrected chi connectivity index (χ4v) is 4.29. The number of nitrogens with zero attached hydrogens (tertiary/aromatic N) is 4. The normalized spacial score (nSPS) is 16.5. The topological polar surface area (TPSA) is 66.0 Å². The molecule has 3 rings (SSSR count). The molecule has 0 bridgehead atoms. The van der Waals surface area contributed by atoms with E-state index in [9.17, 15) is 13.2 Å². The second-order valence-corrected chi connectivity index (χ2v) is 7.96. The lowest BCUT2D eigenvalue weighted by molar-refractivity contribution is -0.137. The molecule has 6 nitrogen and oxygen atoms in total. The van der Waals surface area contributed by atoms with E-state index < -0.39 is 11.7 Å². The minimum atomic E-state index is -4.53. The second-order valence-electron chi connectivity index (χ2n) is 6.04. The number of aromatic nitrogens is 3. The molecule has 0 radical (unpaired) electrons. The van der Waals surface area contributed by atoms with E-state index in [1.807, 2.05) is 13.2 Å². The molecule has 148 valence electrons. The first-order valence-electron chi connectivity index (χ1n) is 8.60. The van der Waals surface area contributed by atoms with E-state index in [1.165, 1.54) is 6.20 Å². The van der Waals surface area contributed by atoms with Crippen LogP contribution in [0.1, 0.15) is 25.3 Å². The first-order valence-corrected chi connectivity index (χ1v) is 10.6. The quantitative estimate of drug-likeness (QED) is 0.682. The highest BCUT2D eigenvalue weighted by Crippen LogP contribution is 2.38. The number of hydrogen-bond donors (Lipinski definition) is 2. The summed E-state index contributed by atoms with van der Waals surface area (Å²) in [5.74, 6) is 0.221. The van der Waals surface area contributed by atoms with Gasteiger partial charge in [-0.15, -0.1) is 0 Å². The third-order valence-electron chi connectivity index (χ3n) is 4.21. The van der Waals surface area contributed by atoms with E-state index in [4.69, 9.17) is 0 Å². The van der Waals surface area contributed by atoms with Crippen LogP contribution in [0, 0.1) is 0 Å². The van der Waals surface area contributed by atoms with Crippen LogP contribution in [0.4, 0.5) is 24.3 Å². The van der Waals surface area contributed by atoms with Crippen LogP contribution in [0.5, 0.6) is 0 Å². The fourth-order valence-electron chi connectivity index (χ4n) is 2.83. The molecule has 3 heterocycles. The summed E-state index contributed by atoms with van der Waals surface area (Å²) < 4.78 is 42.5. The van der Waals surface area contributed by atoms with E-state index >= 15 is 0 Å². The van der Waals surface area contributed by atoms with Crippen LogP contribution in [0.2, 0.25) is 0 Å². The van der Waals surface area contributed by atoms with Gasteiger partial charge in [-0.3, -0.25) is 4.31 Å². The lowest BCUT2D eigenvalue weighted by Crippen LogP contribution is -2.35. The number of hydrogen-bond acceptors (Lipinski definition) is 8. The Hall–Kier alpha value is -1.59. The first kappa shape index (κ1) is 20.2. The molecular weight excluding hydrogens is 397 g/mol. The van der Waals surface area contributed by atoms with Gasteiger partial charge in [-0.05, 0) is 26.0 Å². The van der Waals surface area contributed by atoms with Gasteiger partial charge in [-0.1, -0.05) is 23.3 Å². The SMILES string of the molecule is CCNc1ncc(-c2nc(NC3CCN(SC)CC3)ncc2C(F)(F)F)s1. The van der Waals surface area contributed by atoms with E-state index in [0.29, 0.717) is 16.6 Å². The molecule has 1 fully saturated rings. The molecule has 11 heteroatoms. The minimum Gasteiger partial charge on any atom is -0.362 e. The monoisotopic (exact) mass is 418 g/mol. The zero-order chi connectivity index (χ0) is 19.4. The first-order chi connectivity index (χ1) is 12.9. The van der Waals surface area contributed by atoms with Crippen molar-refractivity contribution >= 4 is 34.4 Å². The van der Waals surface area contributed by atoms with Crippen LogP contribution in [0.25, 0.3) is 10.6 Å². The van der Waals surface area contributed by atoms with Crippen LogP contribution >= 0.6 is 23.3 Å². The van der Waals surface area contributed by atoms with Crippen molar-refractivity contribution in [3.05, 3.63) is 18.0 Å². The summed E-state index contributed by atoms with van der Waals surface area (Å²) in [6.45, 7) is 4.39. The Morgan fingerprint density at radius 2 is 2.00 bits per heavy atom. The number of anilines is 2. The van der Waals surface area contributed by atoms with Crippen LogP contribution < -0.4 is 10.6 Å². The van der Waals surface area contributed by atoms with Crippen LogP contribution in [0.15, 0.2) is 12.4 Å². The Bertz CT molecular complexity index is 759. The molecule has 0 atom stereocenters. The Morgan fingerprint density at radius 1 is 1.26 bits per heavy atom. The zero-order valence-electron chi connectivity index (χ0n) is 15.0. The van der Waals surface area contributed by atoms with Gasteiger partial charge in [0.15, 0.2) is 5.13 Å². The highest BCUT2D eigenvalue weighted by molar-refractivity contribution is 7.96. The molecule has 2 aromatic heterocycles. The van der Waals surface area contributed by atoms with Crippen molar-refractivity contribution in [2.45, 2.75) is 32.0 Å². The van der Waals surface area contributed by atoms with Crippen molar-refractivity contribution < 1.29 is 13.2 Å². The fraction of sp³-hybridized carbons (Fsp3) is 0.562. The smallest absolute Gasteiger partial charge is 0.362 e. The second kappa shape index (κ2) is 8.61. The van der Waals surface area contributed by atoms with Crippen molar-refractivity contribution in [2.24, 2.45) is 0 Å². The third kappa shape index (κ3) is 5.02. The number of nitrogens with one attached hydrogen (secondary N) is 2. The molecule has 1 saturated heterocycles. The average Bonchev–Trinajstić information content (AvgIpc) is 3.10. The molecule has 0 unspecified atom stereocenters. The van der Waals surface area contributed by atoms with Crippen molar-refractivity contribution in [3.8, 4) is 10.6 Å². The molecule has 2 N–H and O–H groups in total. The summed E-state index contributed by atoms with van der Waals surface area (Å²) in [6, 6.07) is 0.150. The van der Waals surface area contributed by atoms with Gasteiger partial charge in [0.25, 0.3) is 0 Å². The molecule has 0 aromatic carbocycles. The van der Waals surface area contributed by atoms with Crippen LogP contribution in [-0.4, -0.2) is 51.2 Å². The number of rotatable bonds is 6. The van der Waals surface area contributed by atoms with Crippen molar-refractivity contribution in [1.29, 1.82) is 0 Å². The number of piperidine rings is 1. The van der Waals surface area contributed by atoms with E-state index in [0.717, 1.165) is 43.5 Å². The number of halogens is 3. The Labute approximate surface area is 164 Å². The molecule has 27 heavy (non-hydrogen) atoms. The maximum absolute atomic E-state index is 13.4. The molecule has 2 aromatic rings. The molecular formula is C16H21F3N6S2. The van der Waals surface area contributed by atoms with E-state index in [2.05, 4.69) is 29.9 Å². The molecule has 0 spiro atoms. The van der Waals surface area contributed by atoms with Gasteiger partial charge in [0.1, 0.15) is 5.56 Å². The number of thiazole rings is 1. The summed E-state index contributed by atoms with van der Waals surface area (Å²) in [5, 5.41) is 6.76. The minimum absolute atomic E-state index is 0.136. The molecule has 0 amide bonds. The van der Waals surface area contributed by atoms with Crippen molar-refractivity contribution in [2.75, 3.05) is 36.5 Å². The Kier molecular flexibility index (Phi) is 6.43. The van der Waals surface area contributed by atoms with Gasteiger partial charge in [-0.25, -0.2) is 15.0 Å². The van der Waals surface area contributed by atoms with E-state index in [-0.39, 0.29) is 17.7 Å². The van der Waals surface area contributed by atoms with Crippen molar-refractivity contribution in [1.82, 2.24) is 19.3 Å². The Balaban J connectivity index is 1.84. The highest BCUT2D eigenvalue weighted by atomic mass is 32.2. The average molecular weight is 419 g/mol. The van der Waals surface area contributed by atoms with Gasteiger partial charge < -0.3 is 10.6 Å². The lowest BCUT2D eigenvalue weighted by atomic mass is 10.1. The van der Waals surface area contributed by atoms with Gasteiger partial charge in [0.05, 0.1) is 10.6 Å². The molecule has 0 saturated carbocycles. The summed E-state index contributed by atoms with van der Waals surface area (Å²) in [4.78, 5) is 12.6.